The van der Waals surface area contributed by atoms with E-state index in [0.29, 0.717) is 5.82 Å². The number of carbonyl (C=O) groups is 1. The fourth-order valence-corrected chi connectivity index (χ4v) is 0.981. The van der Waals surface area contributed by atoms with Crippen molar-refractivity contribution in [3.8, 4) is 0 Å². The van der Waals surface area contributed by atoms with E-state index in [-0.39, 0.29) is 12.4 Å². The van der Waals surface area contributed by atoms with Crippen LogP contribution in [0, 0.1) is 6.92 Å². The number of aromatic amines is 1. The highest BCUT2D eigenvalue weighted by Crippen LogP contribution is 2.10. The Hall–Kier alpha value is -1.36. The number of nitrogens with two attached hydrogens (primary N) is 1. The van der Waals surface area contributed by atoms with Crippen molar-refractivity contribution in [2.24, 2.45) is 5.73 Å². The van der Waals surface area contributed by atoms with Crippen molar-refractivity contribution in [1.29, 1.82) is 0 Å². The highest BCUT2D eigenvalue weighted by molar-refractivity contribution is 5.70. The molecule has 0 aromatic carbocycles. The number of rotatable bonds is 3. The zero-order chi connectivity index (χ0) is 9.84. The smallest absolute Gasteiger partial charge is 0.307 e. The fraction of sp³-hybridized carbons (Fsp3) is 0.500. The molecule has 0 aliphatic heterocycles. The molecular weight excluding hydrogens is 170 g/mol. The predicted octanol–water partition coefficient (Wildman–Crippen LogP) is 0.281. The number of hydrogen-bond acceptors (Lipinski definition) is 4. The largest absolute Gasteiger partial charge is 0.469 e. The zero-order valence-electron chi connectivity index (χ0n) is 7.70. The summed E-state index contributed by atoms with van der Waals surface area (Å²) >= 11 is 0. The summed E-state index contributed by atoms with van der Waals surface area (Å²) in [6.07, 6.45) is 1.82. The molecule has 0 spiro atoms. The molecule has 0 aliphatic rings. The monoisotopic (exact) mass is 183 g/mol. The summed E-state index contributed by atoms with van der Waals surface area (Å²) in [5.41, 5.74) is 6.62. The number of nitrogens with one attached hydrogen (secondary N) is 1. The van der Waals surface area contributed by atoms with Crippen LogP contribution in [0.2, 0.25) is 0 Å². The van der Waals surface area contributed by atoms with Gasteiger partial charge in [0, 0.05) is 11.9 Å². The summed E-state index contributed by atoms with van der Waals surface area (Å²) in [5, 5.41) is 0. The van der Waals surface area contributed by atoms with Crippen LogP contribution < -0.4 is 5.73 Å². The van der Waals surface area contributed by atoms with Crippen molar-refractivity contribution in [1.82, 2.24) is 9.97 Å². The average Bonchev–Trinajstić information content (AvgIpc) is 2.51. The van der Waals surface area contributed by atoms with E-state index >= 15 is 0 Å². The average molecular weight is 183 g/mol. The first-order valence-corrected chi connectivity index (χ1v) is 3.97. The molecule has 1 unspecified atom stereocenters. The lowest BCUT2D eigenvalue weighted by Gasteiger charge is -2.06. The van der Waals surface area contributed by atoms with Gasteiger partial charge in [0.15, 0.2) is 0 Å². The van der Waals surface area contributed by atoms with Gasteiger partial charge in [0.1, 0.15) is 5.82 Å². The third-order valence-electron chi connectivity index (χ3n) is 1.69. The highest BCUT2D eigenvalue weighted by Gasteiger charge is 2.13. The van der Waals surface area contributed by atoms with Crippen molar-refractivity contribution in [3.63, 3.8) is 0 Å². The van der Waals surface area contributed by atoms with Crippen LogP contribution in [0.1, 0.15) is 24.0 Å². The molecule has 1 rings (SSSR count). The molecule has 0 radical (unpaired) electrons. The molecule has 3 N–H and O–H groups in total. The minimum Gasteiger partial charge on any atom is -0.469 e. The summed E-state index contributed by atoms with van der Waals surface area (Å²) in [6, 6.07) is -0.416. The van der Waals surface area contributed by atoms with E-state index < -0.39 is 6.04 Å². The normalized spacial score (nSPS) is 12.5. The Kier molecular flexibility index (Phi) is 3.02. The van der Waals surface area contributed by atoms with Crippen LogP contribution in [0.5, 0.6) is 0 Å². The molecule has 0 fully saturated rings. The number of hydrogen-bond donors (Lipinski definition) is 2. The van der Waals surface area contributed by atoms with Gasteiger partial charge in [0.2, 0.25) is 0 Å². The molecule has 0 saturated carbocycles. The minimum atomic E-state index is -0.416. The lowest BCUT2D eigenvalue weighted by Crippen LogP contribution is -2.17. The van der Waals surface area contributed by atoms with Crippen molar-refractivity contribution in [2.75, 3.05) is 7.11 Å². The van der Waals surface area contributed by atoms with E-state index in [9.17, 15) is 4.79 Å². The van der Waals surface area contributed by atoms with Gasteiger partial charge in [-0.25, -0.2) is 4.98 Å². The molecule has 0 bridgehead atoms. The summed E-state index contributed by atoms with van der Waals surface area (Å²) < 4.78 is 4.49. The molecule has 72 valence electrons. The number of ether oxygens (including phenoxy) is 1. The minimum absolute atomic E-state index is 0.142. The quantitative estimate of drug-likeness (QED) is 0.659. The molecule has 13 heavy (non-hydrogen) atoms. The SMILES string of the molecule is COC(=O)CC(N)c1ncc(C)[nH]1. The second-order valence-corrected chi connectivity index (χ2v) is 2.84. The van der Waals surface area contributed by atoms with Crippen molar-refractivity contribution >= 4 is 5.97 Å². The standard InChI is InChI=1S/C8H13N3O2/c1-5-4-10-8(11-5)6(9)3-7(12)13-2/h4,6H,3,9H2,1-2H3,(H,10,11). The zero-order valence-corrected chi connectivity index (χ0v) is 7.70. The van der Waals surface area contributed by atoms with Crippen LogP contribution in [-0.2, 0) is 9.53 Å². The van der Waals surface area contributed by atoms with E-state index in [1.807, 2.05) is 6.92 Å². The molecule has 1 aromatic rings. The van der Waals surface area contributed by atoms with Crippen LogP contribution in [0.3, 0.4) is 0 Å². The van der Waals surface area contributed by atoms with Crippen LogP contribution in [0.4, 0.5) is 0 Å². The number of aryl methyl sites for hydroxylation is 1. The second-order valence-electron chi connectivity index (χ2n) is 2.84. The Morgan fingerprint density at radius 1 is 1.85 bits per heavy atom. The Morgan fingerprint density at radius 3 is 3.00 bits per heavy atom. The van der Waals surface area contributed by atoms with Gasteiger partial charge in [-0.15, -0.1) is 0 Å². The number of esters is 1. The molecule has 0 saturated heterocycles. The number of methoxy groups -OCH3 is 1. The molecule has 1 heterocycles. The topological polar surface area (TPSA) is 81.0 Å². The van der Waals surface area contributed by atoms with Crippen molar-refractivity contribution in [2.45, 2.75) is 19.4 Å². The number of aromatic nitrogens is 2. The van der Waals surface area contributed by atoms with Gasteiger partial charge in [-0.2, -0.15) is 0 Å². The lowest BCUT2D eigenvalue weighted by molar-refractivity contribution is -0.141. The van der Waals surface area contributed by atoms with Gasteiger partial charge >= 0.3 is 5.97 Å². The fourth-order valence-electron chi connectivity index (χ4n) is 0.981. The van der Waals surface area contributed by atoms with Crippen LogP contribution >= 0.6 is 0 Å². The molecule has 5 heteroatoms. The van der Waals surface area contributed by atoms with Crippen molar-refractivity contribution < 1.29 is 9.53 Å². The molecule has 1 atom stereocenters. The summed E-state index contributed by atoms with van der Waals surface area (Å²) in [5.74, 6) is 0.282. The summed E-state index contributed by atoms with van der Waals surface area (Å²) in [4.78, 5) is 17.8. The maximum absolute atomic E-state index is 10.9. The van der Waals surface area contributed by atoms with Gasteiger partial charge in [0.05, 0.1) is 19.6 Å². The first kappa shape index (κ1) is 9.73. The maximum atomic E-state index is 10.9. The number of carbonyl (C=O) groups excluding carboxylic acids is 1. The van der Waals surface area contributed by atoms with Gasteiger partial charge in [-0.1, -0.05) is 0 Å². The van der Waals surface area contributed by atoms with Gasteiger partial charge in [-0.05, 0) is 6.92 Å². The number of imidazole rings is 1. The maximum Gasteiger partial charge on any atom is 0.307 e. The first-order chi connectivity index (χ1) is 6.13. The Morgan fingerprint density at radius 2 is 2.54 bits per heavy atom. The van der Waals surface area contributed by atoms with E-state index in [4.69, 9.17) is 5.73 Å². The number of H-pyrrole nitrogens is 1. The molecule has 0 amide bonds. The van der Waals surface area contributed by atoms with Crippen LogP contribution in [0.15, 0.2) is 6.20 Å². The predicted molar refractivity (Wildman–Crippen MR) is 46.9 cm³/mol. The number of nitrogens with zero attached hydrogens (tertiary/aromatic N) is 1. The molecular formula is C8H13N3O2. The molecule has 5 nitrogen and oxygen atoms in total. The lowest BCUT2D eigenvalue weighted by atomic mass is 10.2. The third kappa shape index (κ3) is 2.55. The van der Waals surface area contributed by atoms with E-state index in [2.05, 4.69) is 14.7 Å². The summed E-state index contributed by atoms with van der Waals surface area (Å²) in [7, 11) is 1.34. The summed E-state index contributed by atoms with van der Waals surface area (Å²) in [6.45, 7) is 1.88. The van der Waals surface area contributed by atoms with E-state index in [1.54, 1.807) is 6.20 Å². The van der Waals surface area contributed by atoms with E-state index in [1.165, 1.54) is 7.11 Å². The second kappa shape index (κ2) is 4.04. The van der Waals surface area contributed by atoms with Crippen LogP contribution in [-0.4, -0.2) is 23.0 Å². The molecule has 0 aliphatic carbocycles. The van der Waals surface area contributed by atoms with E-state index in [0.717, 1.165) is 5.69 Å². The van der Waals surface area contributed by atoms with Crippen molar-refractivity contribution in [3.05, 3.63) is 17.7 Å². The highest BCUT2D eigenvalue weighted by atomic mass is 16.5. The Bertz CT molecular complexity index is 295. The third-order valence-corrected chi connectivity index (χ3v) is 1.69. The Balaban J connectivity index is 2.58. The van der Waals surface area contributed by atoms with Gasteiger partial charge < -0.3 is 15.5 Å². The van der Waals surface area contributed by atoms with Gasteiger partial charge in [0.25, 0.3) is 0 Å². The van der Waals surface area contributed by atoms with Crippen LogP contribution in [0.25, 0.3) is 0 Å². The molecule has 1 aromatic heterocycles. The first-order valence-electron chi connectivity index (χ1n) is 3.97. The van der Waals surface area contributed by atoms with Gasteiger partial charge in [-0.3, -0.25) is 4.79 Å². The Labute approximate surface area is 76.3 Å².